The highest BCUT2D eigenvalue weighted by atomic mass is 16.5. The van der Waals surface area contributed by atoms with Crippen LogP contribution in [0.4, 0.5) is 0 Å². The zero-order valence-electron chi connectivity index (χ0n) is 15.5. The molecule has 0 aromatic rings. The Labute approximate surface area is 150 Å². The number of guanidine groups is 1. The standard InChI is InChI=1S/C19H32N4O2/c1-20-18(23-7-3-14(13-23)22-8-11-24-12-9-22)21-16-15-4-10-25-17(15)19(16)5-2-6-19/h14-17H,2-13H2,1H3,(H,20,21). The molecule has 140 valence electrons. The number of fused-ring (bicyclic) bond motifs is 2. The number of rotatable bonds is 2. The molecule has 5 aliphatic rings. The monoisotopic (exact) mass is 348 g/mol. The summed E-state index contributed by atoms with van der Waals surface area (Å²) < 4.78 is 11.6. The van der Waals surface area contributed by atoms with Crippen LogP contribution in [0.3, 0.4) is 0 Å². The normalized spacial score (nSPS) is 40.7. The fourth-order valence-electron chi connectivity index (χ4n) is 6.07. The molecule has 1 N–H and O–H groups in total. The number of morpholine rings is 1. The molecule has 0 bridgehead atoms. The van der Waals surface area contributed by atoms with Crippen LogP contribution in [0.5, 0.6) is 0 Å². The number of aliphatic imine (C=N–C) groups is 1. The highest BCUT2D eigenvalue weighted by molar-refractivity contribution is 5.81. The average Bonchev–Trinajstić information content (AvgIpc) is 3.24. The summed E-state index contributed by atoms with van der Waals surface area (Å²) in [6.45, 7) is 7.11. The third-order valence-electron chi connectivity index (χ3n) is 7.56. The van der Waals surface area contributed by atoms with Crippen LogP contribution < -0.4 is 5.32 Å². The largest absolute Gasteiger partial charge is 0.379 e. The van der Waals surface area contributed by atoms with Crippen molar-refractivity contribution in [3.8, 4) is 0 Å². The van der Waals surface area contributed by atoms with Gasteiger partial charge in [-0.15, -0.1) is 0 Å². The van der Waals surface area contributed by atoms with Crippen LogP contribution in [-0.4, -0.2) is 87.0 Å². The molecular weight excluding hydrogens is 316 g/mol. The molecule has 5 fully saturated rings. The number of nitrogens with one attached hydrogen (secondary N) is 1. The molecule has 2 aliphatic carbocycles. The van der Waals surface area contributed by atoms with Crippen molar-refractivity contribution in [2.45, 2.75) is 50.3 Å². The van der Waals surface area contributed by atoms with Gasteiger partial charge in [-0.25, -0.2) is 0 Å². The van der Waals surface area contributed by atoms with Gasteiger partial charge in [-0.1, -0.05) is 6.42 Å². The topological polar surface area (TPSA) is 49.3 Å². The first-order valence-corrected chi connectivity index (χ1v) is 10.2. The fourth-order valence-corrected chi connectivity index (χ4v) is 6.07. The van der Waals surface area contributed by atoms with E-state index in [4.69, 9.17) is 9.47 Å². The summed E-state index contributed by atoms with van der Waals surface area (Å²) in [4.78, 5) is 9.74. The first-order chi connectivity index (χ1) is 12.3. The lowest BCUT2D eigenvalue weighted by molar-refractivity contribution is -0.171. The molecule has 5 rings (SSSR count). The van der Waals surface area contributed by atoms with Gasteiger partial charge in [-0.2, -0.15) is 0 Å². The van der Waals surface area contributed by atoms with Crippen LogP contribution >= 0.6 is 0 Å². The van der Waals surface area contributed by atoms with Crippen LogP contribution in [0, 0.1) is 11.3 Å². The van der Waals surface area contributed by atoms with Crippen molar-refractivity contribution >= 4 is 5.96 Å². The van der Waals surface area contributed by atoms with E-state index in [1.165, 1.54) is 32.1 Å². The van der Waals surface area contributed by atoms with E-state index < -0.39 is 0 Å². The Balaban J connectivity index is 1.23. The van der Waals surface area contributed by atoms with Crippen LogP contribution in [0.15, 0.2) is 4.99 Å². The van der Waals surface area contributed by atoms with E-state index in [-0.39, 0.29) is 0 Å². The molecular formula is C19H32N4O2. The molecule has 25 heavy (non-hydrogen) atoms. The van der Waals surface area contributed by atoms with Crippen molar-refractivity contribution < 1.29 is 9.47 Å². The van der Waals surface area contributed by atoms with Gasteiger partial charge in [0.2, 0.25) is 0 Å². The van der Waals surface area contributed by atoms with Crippen molar-refractivity contribution in [2.24, 2.45) is 16.3 Å². The minimum Gasteiger partial charge on any atom is -0.379 e. The highest BCUT2D eigenvalue weighted by Gasteiger charge is 2.66. The highest BCUT2D eigenvalue weighted by Crippen LogP contribution is 2.62. The Hall–Kier alpha value is -0.850. The number of ether oxygens (including phenoxy) is 2. The molecule has 1 spiro atoms. The number of likely N-dealkylation sites (tertiary alicyclic amines) is 1. The van der Waals surface area contributed by atoms with E-state index in [0.29, 0.717) is 29.5 Å². The molecule has 6 nitrogen and oxygen atoms in total. The van der Waals surface area contributed by atoms with Gasteiger partial charge in [0.25, 0.3) is 0 Å². The molecule has 6 heteroatoms. The van der Waals surface area contributed by atoms with Gasteiger partial charge >= 0.3 is 0 Å². The number of nitrogens with zero attached hydrogens (tertiary/aromatic N) is 3. The molecule has 3 heterocycles. The minimum atomic E-state index is 0.417. The van der Waals surface area contributed by atoms with Crippen LogP contribution in [0.25, 0.3) is 0 Å². The van der Waals surface area contributed by atoms with Gasteiger partial charge in [0, 0.05) is 63.3 Å². The lowest BCUT2D eigenvalue weighted by Crippen LogP contribution is -2.72. The smallest absolute Gasteiger partial charge is 0.193 e. The van der Waals surface area contributed by atoms with Crippen LogP contribution in [0.2, 0.25) is 0 Å². The predicted octanol–water partition coefficient (Wildman–Crippen LogP) is 0.926. The predicted molar refractivity (Wildman–Crippen MR) is 96.8 cm³/mol. The Kier molecular flexibility index (Phi) is 4.18. The third kappa shape index (κ3) is 2.52. The van der Waals surface area contributed by atoms with E-state index in [2.05, 4.69) is 20.1 Å². The maximum absolute atomic E-state index is 6.07. The summed E-state index contributed by atoms with van der Waals surface area (Å²) in [5, 5.41) is 3.89. The summed E-state index contributed by atoms with van der Waals surface area (Å²) in [7, 11) is 1.94. The van der Waals surface area contributed by atoms with Gasteiger partial charge in [0.1, 0.15) is 0 Å². The first-order valence-electron chi connectivity index (χ1n) is 10.2. The molecule has 4 unspecified atom stereocenters. The van der Waals surface area contributed by atoms with Gasteiger partial charge in [0.05, 0.1) is 19.3 Å². The fraction of sp³-hybridized carbons (Fsp3) is 0.947. The quantitative estimate of drug-likeness (QED) is 0.594. The molecule has 0 amide bonds. The second-order valence-electron chi connectivity index (χ2n) is 8.54. The van der Waals surface area contributed by atoms with Crippen molar-refractivity contribution in [3.63, 3.8) is 0 Å². The molecule has 0 aromatic carbocycles. The maximum atomic E-state index is 6.07. The lowest BCUT2D eigenvalue weighted by Gasteiger charge is -2.63. The molecule has 2 saturated carbocycles. The summed E-state index contributed by atoms with van der Waals surface area (Å²) in [5.74, 6) is 1.83. The van der Waals surface area contributed by atoms with E-state index >= 15 is 0 Å². The second kappa shape index (κ2) is 6.39. The Morgan fingerprint density at radius 1 is 1.12 bits per heavy atom. The average molecular weight is 348 g/mol. The lowest BCUT2D eigenvalue weighted by atomic mass is 9.46. The van der Waals surface area contributed by atoms with Crippen molar-refractivity contribution in [1.29, 1.82) is 0 Å². The van der Waals surface area contributed by atoms with Crippen molar-refractivity contribution in [3.05, 3.63) is 0 Å². The van der Waals surface area contributed by atoms with Gasteiger partial charge in [-0.3, -0.25) is 9.89 Å². The van der Waals surface area contributed by atoms with Crippen LogP contribution in [-0.2, 0) is 9.47 Å². The van der Waals surface area contributed by atoms with E-state index in [9.17, 15) is 0 Å². The summed E-state index contributed by atoms with van der Waals surface area (Å²) in [6.07, 6.45) is 7.02. The van der Waals surface area contributed by atoms with E-state index in [0.717, 1.165) is 52.0 Å². The maximum Gasteiger partial charge on any atom is 0.193 e. The number of hydrogen-bond donors (Lipinski definition) is 1. The SMILES string of the molecule is CN=C(NC1C2CCOC2C12CCC2)N1CCC(N2CCOCC2)C1. The molecule has 0 aromatic heterocycles. The summed E-state index contributed by atoms with van der Waals surface area (Å²) >= 11 is 0. The number of hydrogen-bond acceptors (Lipinski definition) is 4. The van der Waals surface area contributed by atoms with Gasteiger partial charge < -0.3 is 19.7 Å². The summed E-state index contributed by atoms with van der Waals surface area (Å²) in [6, 6.07) is 1.24. The summed E-state index contributed by atoms with van der Waals surface area (Å²) in [5.41, 5.74) is 0.417. The zero-order valence-corrected chi connectivity index (χ0v) is 15.5. The minimum absolute atomic E-state index is 0.417. The Morgan fingerprint density at radius 2 is 1.96 bits per heavy atom. The van der Waals surface area contributed by atoms with Gasteiger partial charge in [-0.05, 0) is 25.7 Å². The van der Waals surface area contributed by atoms with Crippen LogP contribution in [0.1, 0.15) is 32.1 Å². The van der Waals surface area contributed by atoms with Crippen molar-refractivity contribution in [1.82, 2.24) is 15.1 Å². The van der Waals surface area contributed by atoms with E-state index in [1.807, 2.05) is 7.05 Å². The molecule has 3 aliphatic heterocycles. The molecule has 4 atom stereocenters. The van der Waals surface area contributed by atoms with Crippen molar-refractivity contribution in [2.75, 3.05) is 53.0 Å². The molecule has 0 radical (unpaired) electrons. The zero-order chi connectivity index (χ0) is 16.9. The Bertz CT molecular complexity index is 530. The third-order valence-corrected chi connectivity index (χ3v) is 7.56. The molecule has 3 saturated heterocycles. The first kappa shape index (κ1) is 16.3. The van der Waals surface area contributed by atoms with Gasteiger partial charge in [0.15, 0.2) is 5.96 Å². The van der Waals surface area contributed by atoms with E-state index in [1.54, 1.807) is 0 Å². The Morgan fingerprint density at radius 3 is 2.68 bits per heavy atom. The second-order valence-corrected chi connectivity index (χ2v) is 8.54.